The lowest BCUT2D eigenvalue weighted by Crippen LogP contribution is -2.39. The van der Waals surface area contributed by atoms with E-state index in [1.165, 1.54) is 0 Å². The van der Waals surface area contributed by atoms with E-state index in [4.69, 9.17) is 21.1 Å². The standard InChI is InChI=1S/C25H31BrClNO4/c1-25(2,24(30)31-18-6-4-3-5-16-26)32-22-13-7-19(8-14-22)15-17-28-23(29)20-9-11-21(27)12-10-20/h7-14H,3-6,15-18H2,1-2H3,(H,28,29). The SMILES string of the molecule is CC(C)(Oc1ccc(CCNC(=O)c2ccc(Cl)cc2)cc1)C(=O)OCCCCCCBr. The average Bonchev–Trinajstić information content (AvgIpc) is 2.77. The zero-order chi connectivity index (χ0) is 23.4. The molecule has 1 amide bonds. The summed E-state index contributed by atoms with van der Waals surface area (Å²) >= 11 is 9.26. The molecular weight excluding hydrogens is 494 g/mol. The summed E-state index contributed by atoms with van der Waals surface area (Å²) in [5.41, 5.74) is 0.563. The Balaban J connectivity index is 1.74. The van der Waals surface area contributed by atoms with Crippen LogP contribution < -0.4 is 10.1 Å². The predicted octanol–water partition coefficient (Wildman–Crippen LogP) is 5.97. The van der Waals surface area contributed by atoms with Crippen molar-refractivity contribution in [3.63, 3.8) is 0 Å². The average molecular weight is 525 g/mol. The summed E-state index contributed by atoms with van der Waals surface area (Å²) in [6.45, 7) is 4.34. The maximum Gasteiger partial charge on any atom is 0.349 e. The topological polar surface area (TPSA) is 64.6 Å². The van der Waals surface area contributed by atoms with Crippen molar-refractivity contribution in [1.82, 2.24) is 5.32 Å². The number of nitrogens with one attached hydrogen (secondary N) is 1. The molecule has 2 aromatic carbocycles. The van der Waals surface area contributed by atoms with Crippen molar-refractivity contribution in [2.75, 3.05) is 18.5 Å². The van der Waals surface area contributed by atoms with E-state index in [1.54, 1.807) is 38.1 Å². The third-order valence-corrected chi connectivity index (χ3v) is 5.67. The van der Waals surface area contributed by atoms with E-state index in [0.717, 1.165) is 36.6 Å². The number of halogens is 2. The number of ether oxygens (including phenoxy) is 2. The van der Waals surface area contributed by atoms with Crippen molar-refractivity contribution in [1.29, 1.82) is 0 Å². The van der Waals surface area contributed by atoms with Gasteiger partial charge in [-0.3, -0.25) is 4.79 Å². The van der Waals surface area contributed by atoms with Crippen LogP contribution in [0, 0.1) is 0 Å². The number of carbonyl (C=O) groups is 2. The van der Waals surface area contributed by atoms with Gasteiger partial charge in [0.1, 0.15) is 5.75 Å². The summed E-state index contributed by atoms with van der Waals surface area (Å²) in [5.74, 6) is 0.0928. The number of amides is 1. The van der Waals surface area contributed by atoms with Gasteiger partial charge in [0.15, 0.2) is 5.60 Å². The van der Waals surface area contributed by atoms with E-state index in [-0.39, 0.29) is 11.9 Å². The van der Waals surface area contributed by atoms with Gasteiger partial charge in [-0.1, -0.05) is 52.5 Å². The summed E-state index contributed by atoms with van der Waals surface area (Å²) in [6.07, 6.45) is 4.84. The van der Waals surface area contributed by atoms with Crippen LogP contribution in [0.4, 0.5) is 0 Å². The van der Waals surface area contributed by atoms with Crippen molar-refractivity contribution < 1.29 is 19.1 Å². The van der Waals surface area contributed by atoms with Crippen LogP contribution in [0.5, 0.6) is 5.75 Å². The van der Waals surface area contributed by atoms with Crippen LogP contribution in [0.1, 0.15) is 55.5 Å². The molecule has 174 valence electrons. The fraction of sp³-hybridized carbons (Fsp3) is 0.440. The molecule has 0 aliphatic heterocycles. The molecule has 5 nitrogen and oxygen atoms in total. The molecule has 32 heavy (non-hydrogen) atoms. The van der Waals surface area contributed by atoms with Crippen molar-refractivity contribution in [3.05, 3.63) is 64.7 Å². The van der Waals surface area contributed by atoms with Crippen LogP contribution in [0.3, 0.4) is 0 Å². The van der Waals surface area contributed by atoms with Gasteiger partial charge in [0.05, 0.1) is 6.61 Å². The zero-order valence-corrected chi connectivity index (χ0v) is 21.0. The number of alkyl halides is 1. The third kappa shape index (κ3) is 9.21. The molecule has 1 N–H and O–H groups in total. The summed E-state index contributed by atoms with van der Waals surface area (Å²) in [5, 5.41) is 4.50. The first-order valence-electron chi connectivity index (χ1n) is 10.9. The Kier molecular flexibility index (Phi) is 11.0. The van der Waals surface area contributed by atoms with Crippen LogP contribution >= 0.6 is 27.5 Å². The highest BCUT2D eigenvalue weighted by atomic mass is 79.9. The van der Waals surface area contributed by atoms with Crippen molar-refractivity contribution in [3.8, 4) is 5.75 Å². The van der Waals surface area contributed by atoms with Gasteiger partial charge in [0, 0.05) is 22.5 Å². The van der Waals surface area contributed by atoms with Crippen molar-refractivity contribution >= 4 is 39.4 Å². The summed E-state index contributed by atoms with van der Waals surface area (Å²) in [6, 6.07) is 14.3. The molecule has 0 radical (unpaired) electrons. The molecule has 2 aromatic rings. The molecular formula is C25H31BrClNO4. The van der Waals surface area contributed by atoms with Crippen LogP contribution in [-0.4, -0.2) is 36.0 Å². The minimum atomic E-state index is -1.07. The molecule has 7 heteroatoms. The highest BCUT2D eigenvalue weighted by Crippen LogP contribution is 2.21. The number of unbranched alkanes of at least 4 members (excludes halogenated alkanes) is 3. The summed E-state index contributed by atoms with van der Waals surface area (Å²) < 4.78 is 11.2. The number of hydrogen-bond donors (Lipinski definition) is 1. The molecule has 0 saturated carbocycles. The second-order valence-corrected chi connectivity index (χ2v) is 9.24. The van der Waals surface area contributed by atoms with Crippen LogP contribution in [0.2, 0.25) is 5.02 Å². The monoisotopic (exact) mass is 523 g/mol. The molecule has 0 saturated heterocycles. The molecule has 0 aliphatic carbocycles. The van der Waals surface area contributed by atoms with Gasteiger partial charge in [-0.2, -0.15) is 0 Å². The van der Waals surface area contributed by atoms with Gasteiger partial charge in [0.25, 0.3) is 5.91 Å². The van der Waals surface area contributed by atoms with Gasteiger partial charge in [-0.25, -0.2) is 4.79 Å². The summed E-state index contributed by atoms with van der Waals surface area (Å²) in [7, 11) is 0. The first-order valence-corrected chi connectivity index (χ1v) is 12.4. The highest BCUT2D eigenvalue weighted by molar-refractivity contribution is 9.09. The van der Waals surface area contributed by atoms with Gasteiger partial charge in [-0.05, 0) is 75.1 Å². The zero-order valence-electron chi connectivity index (χ0n) is 18.7. The Morgan fingerprint density at radius 1 is 0.969 bits per heavy atom. The van der Waals surface area contributed by atoms with E-state index < -0.39 is 5.60 Å². The van der Waals surface area contributed by atoms with E-state index in [1.807, 2.05) is 24.3 Å². The van der Waals surface area contributed by atoms with Crippen LogP contribution in [0.15, 0.2) is 48.5 Å². The molecule has 2 rings (SSSR count). The van der Waals surface area contributed by atoms with Crippen LogP contribution in [0.25, 0.3) is 0 Å². The van der Waals surface area contributed by atoms with Gasteiger partial charge in [0.2, 0.25) is 0 Å². The molecule has 0 aromatic heterocycles. The minimum absolute atomic E-state index is 0.134. The largest absolute Gasteiger partial charge is 0.476 e. The Morgan fingerprint density at radius 3 is 2.28 bits per heavy atom. The second-order valence-electron chi connectivity index (χ2n) is 8.01. The third-order valence-electron chi connectivity index (χ3n) is 4.85. The normalized spacial score (nSPS) is 11.1. The molecule has 0 unspecified atom stereocenters. The van der Waals surface area contributed by atoms with Crippen molar-refractivity contribution in [2.24, 2.45) is 0 Å². The Labute approximate surface area is 204 Å². The summed E-state index contributed by atoms with van der Waals surface area (Å²) in [4.78, 5) is 24.5. The quantitative estimate of drug-likeness (QED) is 0.199. The highest BCUT2D eigenvalue weighted by Gasteiger charge is 2.31. The number of benzene rings is 2. The number of rotatable bonds is 13. The molecule has 0 spiro atoms. The van der Waals surface area contributed by atoms with E-state index in [0.29, 0.717) is 35.9 Å². The smallest absolute Gasteiger partial charge is 0.349 e. The lowest BCUT2D eigenvalue weighted by molar-refractivity contribution is -0.159. The number of esters is 1. The van der Waals surface area contributed by atoms with Crippen molar-refractivity contribution in [2.45, 2.75) is 51.6 Å². The number of hydrogen-bond acceptors (Lipinski definition) is 4. The fourth-order valence-electron chi connectivity index (χ4n) is 2.97. The fourth-order valence-corrected chi connectivity index (χ4v) is 3.50. The molecule has 0 atom stereocenters. The van der Waals surface area contributed by atoms with Gasteiger partial charge < -0.3 is 14.8 Å². The first kappa shape index (κ1) is 26.2. The van der Waals surface area contributed by atoms with Gasteiger partial charge >= 0.3 is 5.97 Å². The van der Waals surface area contributed by atoms with E-state index in [9.17, 15) is 9.59 Å². The van der Waals surface area contributed by atoms with Gasteiger partial charge in [-0.15, -0.1) is 0 Å². The second kappa shape index (κ2) is 13.5. The lowest BCUT2D eigenvalue weighted by atomic mass is 10.1. The predicted molar refractivity (Wildman–Crippen MR) is 132 cm³/mol. The molecule has 0 fully saturated rings. The number of carbonyl (C=O) groups excluding carboxylic acids is 2. The lowest BCUT2D eigenvalue weighted by Gasteiger charge is -2.24. The molecule has 0 heterocycles. The Morgan fingerprint density at radius 2 is 1.62 bits per heavy atom. The molecule has 0 aliphatic rings. The Bertz CT molecular complexity index is 853. The maximum absolute atomic E-state index is 12.4. The first-order chi connectivity index (χ1) is 15.3. The molecule has 0 bridgehead atoms. The van der Waals surface area contributed by atoms with Crippen LogP contribution in [-0.2, 0) is 16.0 Å². The van der Waals surface area contributed by atoms with E-state index >= 15 is 0 Å². The Hall–Kier alpha value is -2.05. The van der Waals surface area contributed by atoms with E-state index in [2.05, 4.69) is 21.2 Å². The maximum atomic E-state index is 12.4. The minimum Gasteiger partial charge on any atom is -0.476 e.